The lowest BCUT2D eigenvalue weighted by atomic mass is 9.51. The molecular formula is C31H32N2O6. The predicted octanol–water partition coefficient (Wildman–Crippen LogP) is 4.04. The van der Waals surface area contributed by atoms with Crippen LogP contribution in [0.3, 0.4) is 0 Å². The highest BCUT2D eigenvalue weighted by Crippen LogP contribution is 2.63. The van der Waals surface area contributed by atoms with E-state index >= 15 is 0 Å². The quantitative estimate of drug-likeness (QED) is 0.464. The number of benzene rings is 2. The highest BCUT2D eigenvalue weighted by atomic mass is 16.5. The summed E-state index contributed by atoms with van der Waals surface area (Å²) < 4.78 is 5.40. The summed E-state index contributed by atoms with van der Waals surface area (Å²) in [5.74, 6) is -3.22. The molecule has 1 N–H and O–H groups in total. The van der Waals surface area contributed by atoms with Gasteiger partial charge in [0.05, 0.1) is 36.0 Å². The first-order valence-corrected chi connectivity index (χ1v) is 13.6. The maximum absolute atomic E-state index is 14.3. The van der Waals surface area contributed by atoms with Crippen molar-refractivity contribution in [3.05, 3.63) is 65.7 Å². The number of phenolic OH excluding ortho intramolecular Hbond substituents is 1. The van der Waals surface area contributed by atoms with Gasteiger partial charge in [0.15, 0.2) is 11.5 Å². The van der Waals surface area contributed by atoms with Gasteiger partial charge in [0.2, 0.25) is 23.6 Å². The number of hydrogen-bond acceptors (Lipinski definition) is 6. The summed E-state index contributed by atoms with van der Waals surface area (Å²) in [6, 6.07) is 13.9. The van der Waals surface area contributed by atoms with Gasteiger partial charge in [-0.3, -0.25) is 24.1 Å². The van der Waals surface area contributed by atoms with E-state index in [0.29, 0.717) is 31.5 Å². The van der Waals surface area contributed by atoms with E-state index < -0.39 is 29.1 Å². The monoisotopic (exact) mass is 528 g/mol. The molecule has 2 saturated heterocycles. The lowest BCUT2D eigenvalue weighted by Crippen LogP contribution is -2.48. The molecule has 0 aromatic heterocycles. The Kier molecular flexibility index (Phi) is 5.90. The number of anilines is 1. The van der Waals surface area contributed by atoms with E-state index in [4.69, 9.17) is 4.74 Å². The van der Waals surface area contributed by atoms with Crippen molar-refractivity contribution in [3.8, 4) is 11.5 Å². The largest absolute Gasteiger partial charge is 0.504 e. The van der Waals surface area contributed by atoms with Crippen molar-refractivity contribution >= 4 is 29.3 Å². The van der Waals surface area contributed by atoms with Crippen LogP contribution < -0.4 is 9.64 Å². The Bertz CT molecular complexity index is 1420. The van der Waals surface area contributed by atoms with Gasteiger partial charge in [0.25, 0.3) is 0 Å². The Hall–Kier alpha value is -3.94. The molecule has 3 fully saturated rings. The molecule has 8 heteroatoms. The minimum Gasteiger partial charge on any atom is -0.504 e. The molecule has 1 saturated carbocycles. The number of methoxy groups -OCH3 is 1. The van der Waals surface area contributed by atoms with E-state index in [1.165, 1.54) is 23.0 Å². The van der Waals surface area contributed by atoms with Crippen LogP contribution in [0.4, 0.5) is 5.69 Å². The molecule has 0 bridgehead atoms. The molecule has 6 rings (SSSR count). The zero-order valence-electron chi connectivity index (χ0n) is 22.3. The first-order chi connectivity index (χ1) is 18.7. The van der Waals surface area contributed by atoms with E-state index in [0.717, 1.165) is 11.1 Å². The number of carbonyl (C=O) groups excluding carboxylic acids is 4. The number of likely N-dealkylation sites (tertiary alicyclic amines) is 1. The molecule has 2 aliphatic heterocycles. The molecule has 2 aromatic carbocycles. The highest BCUT2D eigenvalue weighted by molar-refractivity contribution is 6.24. The zero-order valence-corrected chi connectivity index (χ0v) is 22.3. The summed E-state index contributed by atoms with van der Waals surface area (Å²) in [6.45, 7) is 4.16. The fraction of sp³-hybridized carbons (Fsp3) is 0.419. The second-order valence-corrected chi connectivity index (χ2v) is 11.3. The Morgan fingerprint density at radius 3 is 2.44 bits per heavy atom. The van der Waals surface area contributed by atoms with Crippen molar-refractivity contribution in [1.82, 2.24) is 4.90 Å². The van der Waals surface area contributed by atoms with E-state index in [1.54, 1.807) is 36.4 Å². The molecule has 2 aliphatic carbocycles. The second kappa shape index (κ2) is 9.07. The number of rotatable bonds is 5. The average Bonchev–Trinajstić information content (AvgIpc) is 3.29. The van der Waals surface area contributed by atoms with Gasteiger partial charge in [0.1, 0.15) is 0 Å². The summed E-state index contributed by atoms with van der Waals surface area (Å²) >= 11 is 0. The van der Waals surface area contributed by atoms with Crippen LogP contribution >= 0.6 is 0 Å². The number of phenols is 1. The maximum Gasteiger partial charge on any atom is 0.241 e. The van der Waals surface area contributed by atoms with Gasteiger partial charge in [-0.2, -0.15) is 0 Å². The van der Waals surface area contributed by atoms with Gasteiger partial charge in [-0.15, -0.1) is 0 Å². The van der Waals surface area contributed by atoms with Crippen molar-refractivity contribution < 1.29 is 29.0 Å². The number of aromatic hydroxyl groups is 1. The van der Waals surface area contributed by atoms with E-state index in [-0.39, 0.29) is 41.0 Å². The summed E-state index contributed by atoms with van der Waals surface area (Å²) in [4.78, 5) is 57.9. The number of carbonyl (C=O) groups is 4. The molecule has 0 radical (unpaired) electrons. The minimum absolute atomic E-state index is 0.0282. The van der Waals surface area contributed by atoms with E-state index in [1.807, 2.05) is 26.0 Å². The SMILES string of the molecule is CCCN1C(=O)[C@H]2[C@H](CC=C3[C@H]2C[C@H]2C(=O)N(c4ccccc4)C(=O)[C@@]2(C)[C@H]3c2ccc(O)c(OC)c2)C1=O. The minimum atomic E-state index is -1.13. The summed E-state index contributed by atoms with van der Waals surface area (Å²) in [6.07, 6.45) is 3.44. The number of imide groups is 2. The van der Waals surface area contributed by atoms with Gasteiger partial charge >= 0.3 is 0 Å². The molecule has 202 valence electrons. The summed E-state index contributed by atoms with van der Waals surface area (Å²) in [7, 11) is 1.46. The van der Waals surface area contributed by atoms with Crippen LogP contribution in [0.2, 0.25) is 0 Å². The van der Waals surface area contributed by atoms with Crippen LogP contribution in [-0.4, -0.2) is 47.3 Å². The zero-order chi connectivity index (χ0) is 27.6. The fourth-order valence-electron chi connectivity index (χ4n) is 7.60. The standard InChI is InChI=1S/C31H32N2O6/c1-4-14-32-27(35)20-12-11-19-21(25(20)29(32)37)16-22-28(36)33(18-8-6-5-7-9-18)30(38)31(22,2)26(19)17-10-13-23(34)24(15-17)39-3/h5-11,13,15,20-22,25-26,34H,4,12,14,16H2,1-3H3/t20-,21+,22-,25-,26-,31+/m0/s1. The smallest absolute Gasteiger partial charge is 0.241 e. The third-order valence-corrected chi connectivity index (χ3v) is 9.36. The number of nitrogens with zero attached hydrogens (tertiary/aromatic N) is 2. The molecule has 8 nitrogen and oxygen atoms in total. The van der Waals surface area contributed by atoms with Gasteiger partial charge in [-0.1, -0.05) is 42.8 Å². The number of hydrogen-bond donors (Lipinski definition) is 1. The van der Waals surface area contributed by atoms with Crippen molar-refractivity contribution in [2.24, 2.45) is 29.1 Å². The van der Waals surface area contributed by atoms with Crippen LogP contribution in [-0.2, 0) is 19.2 Å². The molecule has 4 aliphatic rings. The van der Waals surface area contributed by atoms with Gasteiger partial charge in [0, 0.05) is 12.5 Å². The Morgan fingerprint density at radius 1 is 1.00 bits per heavy atom. The molecule has 0 unspecified atom stereocenters. The number of ether oxygens (including phenoxy) is 1. The van der Waals surface area contributed by atoms with Crippen LogP contribution in [0.15, 0.2) is 60.2 Å². The van der Waals surface area contributed by atoms with Crippen molar-refractivity contribution in [3.63, 3.8) is 0 Å². The summed E-state index contributed by atoms with van der Waals surface area (Å²) in [5, 5.41) is 10.3. The van der Waals surface area contributed by atoms with Gasteiger partial charge < -0.3 is 9.84 Å². The van der Waals surface area contributed by atoms with Gasteiger partial charge in [-0.05, 0) is 61.9 Å². The van der Waals surface area contributed by atoms with Crippen molar-refractivity contribution in [2.45, 2.75) is 39.0 Å². The van der Waals surface area contributed by atoms with Gasteiger partial charge in [-0.25, -0.2) is 4.90 Å². The summed E-state index contributed by atoms with van der Waals surface area (Å²) in [5.41, 5.74) is 1.03. The topological polar surface area (TPSA) is 104 Å². The van der Waals surface area contributed by atoms with Crippen LogP contribution in [0, 0.1) is 29.1 Å². The molecule has 4 amide bonds. The Balaban J connectivity index is 1.52. The van der Waals surface area contributed by atoms with Crippen LogP contribution in [0.5, 0.6) is 11.5 Å². The molecular weight excluding hydrogens is 496 g/mol. The normalized spacial score (nSPS) is 31.7. The average molecular weight is 529 g/mol. The van der Waals surface area contributed by atoms with Crippen molar-refractivity contribution in [2.75, 3.05) is 18.6 Å². The predicted molar refractivity (Wildman–Crippen MR) is 143 cm³/mol. The fourth-order valence-corrected chi connectivity index (χ4v) is 7.60. The van der Waals surface area contributed by atoms with E-state index in [9.17, 15) is 24.3 Å². The third-order valence-electron chi connectivity index (χ3n) is 9.36. The number of fused-ring (bicyclic) bond motifs is 4. The first kappa shape index (κ1) is 25.3. The highest BCUT2D eigenvalue weighted by Gasteiger charge is 2.67. The molecule has 2 heterocycles. The first-order valence-electron chi connectivity index (χ1n) is 13.6. The van der Waals surface area contributed by atoms with Crippen LogP contribution in [0.25, 0.3) is 0 Å². The lowest BCUT2D eigenvalue weighted by Gasteiger charge is -2.49. The van der Waals surface area contributed by atoms with Crippen molar-refractivity contribution in [1.29, 1.82) is 0 Å². The number of amides is 4. The molecule has 6 atom stereocenters. The van der Waals surface area contributed by atoms with E-state index in [2.05, 4.69) is 0 Å². The molecule has 0 spiro atoms. The maximum atomic E-state index is 14.3. The number of para-hydroxylation sites is 1. The third kappa shape index (κ3) is 3.43. The lowest BCUT2D eigenvalue weighted by molar-refractivity contribution is -0.140. The number of allylic oxidation sites excluding steroid dienone is 2. The molecule has 2 aromatic rings. The Morgan fingerprint density at radius 2 is 1.74 bits per heavy atom. The van der Waals surface area contributed by atoms with Crippen LogP contribution in [0.1, 0.15) is 44.6 Å². The second-order valence-electron chi connectivity index (χ2n) is 11.3. The Labute approximate surface area is 227 Å². The molecule has 39 heavy (non-hydrogen) atoms.